The van der Waals surface area contributed by atoms with Crippen molar-refractivity contribution in [2.45, 2.75) is 52.2 Å². The lowest BCUT2D eigenvalue weighted by molar-refractivity contribution is 0.0494. The number of ether oxygens (including phenoxy) is 1. The fraction of sp³-hybridized carbons (Fsp3) is 0.588. The summed E-state index contributed by atoms with van der Waals surface area (Å²) < 4.78 is 5.31. The Bertz CT molecular complexity index is 425. The van der Waals surface area contributed by atoms with Crippen LogP contribution in [0.15, 0.2) is 30.3 Å². The molecule has 0 fully saturated rings. The molecule has 2 N–H and O–H groups in total. The number of hydrogen-bond acceptors (Lipinski definition) is 3. The third-order valence-electron chi connectivity index (χ3n) is 3.04. The Morgan fingerprint density at radius 3 is 2.43 bits per heavy atom. The molecule has 0 aliphatic carbocycles. The molecule has 21 heavy (non-hydrogen) atoms. The molecule has 1 aromatic carbocycles. The van der Waals surface area contributed by atoms with Crippen LogP contribution in [0.5, 0.6) is 0 Å². The molecule has 0 saturated carbocycles. The number of aliphatic hydroxyl groups excluding tert-OH is 1. The van der Waals surface area contributed by atoms with E-state index in [-0.39, 0.29) is 18.6 Å². The third kappa shape index (κ3) is 7.71. The molecule has 0 unspecified atom stereocenters. The standard InChI is InChI=1S/C17H27NO3/c1-13(12-19)10-15(11-14-8-6-5-7-9-14)18-16(20)21-17(2,3)4/h5-9,13,15,19H,10-12H2,1-4H3,(H,18,20)/t13-,15-/m1/s1. The second-order valence-electron chi connectivity index (χ2n) is 6.56. The van der Waals surface area contributed by atoms with Crippen molar-refractivity contribution in [3.63, 3.8) is 0 Å². The van der Waals surface area contributed by atoms with Crippen molar-refractivity contribution in [3.05, 3.63) is 35.9 Å². The Balaban J connectivity index is 2.66. The SMILES string of the molecule is C[C@@H](CO)C[C@H](Cc1ccccc1)NC(=O)OC(C)(C)C. The van der Waals surface area contributed by atoms with Gasteiger partial charge in [0.15, 0.2) is 0 Å². The minimum Gasteiger partial charge on any atom is -0.444 e. The van der Waals surface area contributed by atoms with Gasteiger partial charge in [-0.15, -0.1) is 0 Å². The summed E-state index contributed by atoms with van der Waals surface area (Å²) in [7, 11) is 0. The lowest BCUT2D eigenvalue weighted by atomic mass is 9.97. The summed E-state index contributed by atoms with van der Waals surface area (Å²) in [6, 6.07) is 9.95. The summed E-state index contributed by atoms with van der Waals surface area (Å²) in [6.45, 7) is 7.61. The number of nitrogens with one attached hydrogen (secondary N) is 1. The number of benzene rings is 1. The summed E-state index contributed by atoms with van der Waals surface area (Å²) in [5.41, 5.74) is 0.646. The van der Waals surface area contributed by atoms with Gasteiger partial charge in [-0.25, -0.2) is 4.79 Å². The maximum atomic E-state index is 11.9. The minimum atomic E-state index is -0.510. The van der Waals surface area contributed by atoms with Gasteiger partial charge in [0.05, 0.1) is 0 Å². The van der Waals surface area contributed by atoms with Crippen molar-refractivity contribution in [1.29, 1.82) is 0 Å². The van der Waals surface area contributed by atoms with E-state index in [0.29, 0.717) is 6.42 Å². The molecule has 0 bridgehead atoms. The fourth-order valence-corrected chi connectivity index (χ4v) is 2.13. The van der Waals surface area contributed by atoms with Gasteiger partial charge >= 0.3 is 6.09 Å². The Kier molecular flexibility index (Phi) is 6.69. The van der Waals surface area contributed by atoms with Crippen molar-refractivity contribution < 1.29 is 14.6 Å². The van der Waals surface area contributed by atoms with Gasteiger partial charge in [-0.05, 0) is 45.1 Å². The predicted octanol–water partition coefficient (Wildman–Crippen LogP) is 3.14. The van der Waals surface area contributed by atoms with Crippen LogP contribution in [0, 0.1) is 5.92 Å². The van der Waals surface area contributed by atoms with Gasteiger partial charge in [0, 0.05) is 12.6 Å². The number of aliphatic hydroxyl groups is 1. The largest absolute Gasteiger partial charge is 0.444 e. The third-order valence-corrected chi connectivity index (χ3v) is 3.04. The molecule has 1 amide bonds. The number of hydrogen-bond donors (Lipinski definition) is 2. The van der Waals surface area contributed by atoms with Crippen LogP contribution in [0.1, 0.15) is 39.7 Å². The highest BCUT2D eigenvalue weighted by atomic mass is 16.6. The van der Waals surface area contributed by atoms with Gasteiger partial charge in [0.2, 0.25) is 0 Å². The van der Waals surface area contributed by atoms with Crippen molar-refractivity contribution in [3.8, 4) is 0 Å². The number of carbonyl (C=O) groups is 1. The quantitative estimate of drug-likeness (QED) is 0.847. The maximum Gasteiger partial charge on any atom is 0.407 e. The minimum absolute atomic E-state index is 0.0515. The lowest BCUT2D eigenvalue weighted by Gasteiger charge is -2.25. The monoisotopic (exact) mass is 293 g/mol. The average Bonchev–Trinajstić information content (AvgIpc) is 2.37. The Labute approximate surface area is 127 Å². The van der Waals surface area contributed by atoms with Crippen LogP contribution < -0.4 is 5.32 Å². The predicted molar refractivity (Wildman–Crippen MR) is 84.2 cm³/mol. The highest BCUT2D eigenvalue weighted by Crippen LogP contribution is 2.13. The van der Waals surface area contributed by atoms with Gasteiger partial charge < -0.3 is 15.2 Å². The van der Waals surface area contributed by atoms with E-state index >= 15 is 0 Å². The van der Waals surface area contributed by atoms with Gasteiger partial charge in [-0.3, -0.25) is 0 Å². The second kappa shape index (κ2) is 8.03. The highest BCUT2D eigenvalue weighted by molar-refractivity contribution is 5.68. The maximum absolute atomic E-state index is 11.9. The Morgan fingerprint density at radius 2 is 1.90 bits per heavy atom. The molecule has 0 aliphatic heterocycles. The lowest BCUT2D eigenvalue weighted by Crippen LogP contribution is -2.41. The first-order valence-corrected chi connectivity index (χ1v) is 7.44. The van der Waals surface area contributed by atoms with Crippen molar-refractivity contribution in [1.82, 2.24) is 5.32 Å². The van der Waals surface area contributed by atoms with E-state index in [9.17, 15) is 9.90 Å². The van der Waals surface area contributed by atoms with E-state index in [0.717, 1.165) is 12.0 Å². The molecule has 0 spiro atoms. The van der Waals surface area contributed by atoms with Crippen LogP contribution in [-0.4, -0.2) is 29.4 Å². The first-order chi connectivity index (χ1) is 9.80. The number of carbonyl (C=O) groups excluding carboxylic acids is 1. The zero-order valence-electron chi connectivity index (χ0n) is 13.4. The second-order valence-corrected chi connectivity index (χ2v) is 6.56. The molecule has 0 heterocycles. The van der Waals surface area contributed by atoms with Gasteiger partial charge in [0.1, 0.15) is 5.60 Å². The average molecular weight is 293 g/mol. The van der Waals surface area contributed by atoms with E-state index in [1.54, 1.807) is 0 Å². The molecule has 0 saturated heterocycles. The molecular weight excluding hydrogens is 266 g/mol. The van der Waals surface area contributed by atoms with Gasteiger partial charge in [0.25, 0.3) is 0 Å². The van der Waals surface area contributed by atoms with Crippen LogP contribution in [0.3, 0.4) is 0 Å². The Morgan fingerprint density at radius 1 is 1.29 bits per heavy atom. The van der Waals surface area contributed by atoms with Crippen molar-refractivity contribution in [2.75, 3.05) is 6.61 Å². The van der Waals surface area contributed by atoms with Crippen LogP contribution >= 0.6 is 0 Å². The number of amides is 1. The smallest absolute Gasteiger partial charge is 0.407 e. The van der Waals surface area contributed by atoms with Crippen LogP contribution in [0.25, 0.3) is 0 Å². The van der Waals surface area contributed by atoms with E-state index in [4.69, 9.17) is 4.74 Å². The summed E-state index contributed by atoms with van der Waals surface area (Å²) in [5, 5.41) is 12.1. The van der Waals surface area contributed by atoms with E-state index in [1.807, 2.05) is 58.0 Å². The van der Waals surface area contributed by atoms with E-state index in [1.165, 1.54) is 0 Å². The molecule has 4 heteroatoms. The normalized spacial score (nSPS) is 14.3. The molecule has 118 valence electrons. The summed E-state index contributed by atoms with van der Waals surface area (Å²) in [4.78, 5) is 11.9. The van der Waals surface area contributed by atoms with Crippen LogP contribution in [0.2, 0.25) is 0 Å². The summed E-state index contributed by atoms with van der Waals surface area (Å²) in [5.74, 6) is 0.133. The molecule has 0 aromatic heterocycles. The fourth-order valence-electron chi connectivity index (χ4n) is 2.13. The summed E-state index contributed by atoms with van der Waals surface area (Å²) >= 11 is 0. The van der Waals surface area contributed by atoms with Crippen molar-refractivity contribution >= 4 is 6.09 Å². The molecule has 4 nitrogen and oxygen atoms in total. The molecule has 1 aromatic rings. The van der Waals surface area contributed by atoms with Crippen LogP contribution in [0.4, 0.5) is 4.79 Å². The number of alkyl carbamates (subject to hydrolysis) is 1. The molecule has 1 rings (SSSR count). The number of rotatable bonds is 6. The molecule has 0 aliphatic rings. The van der Waals surface area contributed by atoms with Crippen LogP contribution in [-0.2, 0) is 11.2 Å². The van der Waals surface area contributed by atoms with E-state index in [2.05, 4.69) is 5.32 Å². The summed E-state index contributed by atoms with van der Waals surface area (Å²) in [6.07, 6.45) is 1.03. The first-order valence-electron chi connectivity index (χ1n) is 7.44. The zero-order chi connectivity index (χ0) is 15.9. The zero-order valence-corrected chi connectivity index (χ0v) is 13.4. The highest BCUT2D eigenvalue weighted by Gasteiger charge is 2.21. The van der Waals surface area contributed by atoms with Gasteiger partial charge in [-0.2, -0.15) is 0 Å². The molecule has 2 atom stereocenters. The van der Waals surface area contributed by atoms with Gasteiger partial charge in [-0.1, -0.05) is 37.3 Å². The Hall–Kier alpha value is -1.55. The topological polar surface area (TPSA) is 58.6 Å². The molecule has 0 radical (unpaired) electrons. The van der Waals surface area contributed by atoms with E-state index < -0.39 is 11.7 Å². The first kappa shape index (κ1) is 17.5. The molecular formula is C17H27NO3. The van der Waals surface area contributed by atoms with Crippen molar-refractivity contribution in [2.24, 2.45) is 5.92 Å².